The van der Waals surface area contributed by atoms with Crippen LogP contribution in [0.4, 0.5) is 0 Å². The average molecular weight is 879 g/mol. The van der Waals surface area contributed by atoms with Crippen molar-refractivity contribution in [2.45, 2.75) is 74.4 Å². The van der Waals surface area contributed by atoms with Gasteiger partial charge in [-0.25, -0.2) is 0 Å². The summed E-state index contributed by atoms with van der Waals surface area (Å²) in [6.45, 7) is 7.41. The summed E-state index contributed by atoms with van der Waals surface area (Å²) in [7, 11) is -8.07. The summed E-state index contributed by atoms with van der Waals surface area (Å²) in [5, 5.41) is 4.27. The molecule has 328 valence electrons. The second-order valence-corrected chi connectivity index (χ2v) is 17.9. The lowest BCUT2D eigenvalue weighted by Crippen LogP contribution is -2.31. The molecule has 0 spiro atoms. The Hall–Kier alpha value is -5.02. The maximum Gasteiger partial charge on any atom is 0.294 e. The topological polar surface area (TPSA) is 134 Å². The zero-order chi connectivity index (χ0) is 44.2. The molecule has 0 aromatic heterocycles. The van der Waals surface area contributed by atoms with E-state index < -0.39 is 20.2 Å². The summed E-state index contributed by atoms with van der Waals surface area (Å²) in [5.74, 6) is 0. The van der Waals surface area contributed by atoms with Crippen LogP contribution in [0.15, 0.2) is 180 Å². The van der Waals surface area contributed by atoms with E-state index >= 15 is 0 Å². The molecule has 10 nitrogen and oxygen atoms in total. The van der Waals surface area contributed by atoms with Gasteiger partial charge in [-0.2, -0.15) is 27.0 Å². The number of nitrogens with zero attached hydrogens (tertiary/aromatic N) is 2. The summed E-state index contributed by atoms with van der Waals surface area (Å²) in [6, 6.07) is 54.5. The molecule has 2 heterocycles. The van der Waals surface area contributed by atoms with E-state index in [1.165, 1.54) is 72.9 Å². The highest BCUT2D eigenvalue weighted by atomic mass is 32.2. The van der Waals surface area contributed by atoms with Crippen molar-refractivity contribution in [3.8, 4) is 0 Å². The van der Waals surface area contributed by atoms with Gasteiger partial charge in [0.1, 0.15) is 12.2 Å². The Morgan fingerprint density at radius 3 is 0.855 bits per heavy atom. The molecule has 0 saturated carbocycles. The molecule has 0 unspecified atom stereocenters. The van der Waals surface area contributed by atoms with Crippen molar-refractivity contribution in [2.75, 3.05) is 26.2 Å². The number of aryl methyl sites for hydroxylation is 2. The Morgan fingerprint density at radius 1 is 0.387 bits per heavy atom. The van der Waals surface area contributed by atoms with Crippen LogP contribution in [0.2, 0.25) is 0 Å². The number of benzene rings is 6. The second-order valence-electron chi connectivity index (χ2n) is 15.1. The molecule has 8 rings (SSSR count). The van der Waals surface area contributed by atoms with E-state index in [4.69, 9.17) is 18.8 Å². The van der Waals surface area contributed by atoms with Gasteiger partial charge in [0.05, 0.1) is 9.79 Å². The van der Waals surface area contributed by atoms with Crippen LogP contribution in [0.1, 0.15) is 84.1 Å². The number of hydrogen-bond acceptors (Lipinski definition) is 8. The summed E-state index contributed by atoms with van der Waals surface area (Å²) < 4.78 is 59.7. The molecule has 0 amide bonds. The first-order valence-corrected chi connectivity index (χ1v) is 23.9. The minimum Gasteiger partial charge on any atom is -0.286 e. The van der Waals surface area contributed by atoms with Crippen LogP contribution in [0.25, 0.3) is 0 Å². The minimum atomic E-state index is -4.03. The SMILES string of the molecule is Cc1ccccc1S(=O)(=O)O.Cc1ccccc1S(=O)(=O)O.c1ccc(C(ON2CCCCC2)c2ccccc2)cc1.c1ccc(C(ON2CCCCC2)c2ccccc2)cc1. The fourth-order valence-electron chi connectivity index (χ4n) is 7.07. The van der Waals surface area contributed by atoms with Crippen LogP contribution in [0.3, 0.4) is 0 Å². The summed E-state index contributed by atoms with van der Waals surface area (Å²) >= 11 is 0. The molecule has 2 saturated heterocycles. The van der Waals surface area contributed by atoms with Crippen LogP contribution < -0.4 is 0 Å². The molecule has 0 bridgehead atoms. The normalized spacial score (nSPS) is 14.7. The van der Waals surface area contributed by atoms with E-state index in [2.05, 4.69) is 107 Å². The third-order valence-corrected chi connectivity index (χ3v) is 12.3. The molecular formula is C50H58N2O8S2. The highest BCUT2D eigenvalue weighted by molar-refractivity contribution is 7.86. The number of rotatable bonds is 10. The first-order chi connectivity index (χ1) is 29.9. The van der Waals surface area contributed by atoms with Gasteiger partial charge in [-0.15, -0.1) is 0 Å². The van der Waals surface area contributed by atoms with E-state index in [9.17, 15) is 16.8 Å². The molecule has 0 atom stereocenters. The second kappa shape index (κ2) is 24.6. The van der Waals surface area contributed by atoms with Crippen molar-refractivity contribution in [1.29, 1.82) is 0 Å². The molecule has 2 aliphatic rings. The molecule has 0 radical (unpaired) electrons. The average Bonchev–Trinajstić information content (AvgIpc) is 3.29. The molecule has 6 aromatic rings. The van der Waals surface area contributed by atoms with E-state index in [0.29, 0.717) is 11.1 Å². The van der Waals surface area contributed by atoms with Crippen molar-refractivity contribution in [2.24, 2.45) is 0 Å². The van der Waals surface area contributed by atoms with Crippen LogP contribution in [0.5, 0.6) is 0 Å². The van der Waals surface area contributed by atoms with Gasteiger partial charge < -0.3 is 0 Å². The van der Waals surface area contributed by atoms with Gasteiger partial charge in [0.15, 0.2) is 0 Å². The van der Waals surface area contributed by atoms with Crippen LogP contribution in [0, 0.1) is 13.8 Å². The maximum atomic E-state index is 10.6. The zero-order valence-corrected chi connectivity index (χ0v) is 37.1. The fraction of sp³-hybridized carbons (Fsp3) is 0.280. The number of hydrogen-bond donors (Lipinski definition) is 2. The lowest BCUT2D eigenvalue weighted by molar-refractivity contribution is -0.196. The van der Waals surface area contributed by atoms with Gasteiger partial charge in [0, 0.05) is 26.2 Å². The third kappa shape index (κ3) is 15.7. The van der Waals surface area contributed by atoms with Gasteiger partial charge in [0.25, 0.3) is 20.2 Å². The summed E-state index contributed by atoms with van der Waals surface area (Å²) in [5.41, 5.74) is 5.95. The predicted octanol–water partition coefficient (Wildman–Crippen LogP) is 10.9. The Bertz CT molecular complexity index is 2160. The minimum absolute atomic E-state index is 0.00417. The van der Waals surface area contributed by atoms with Crippen molar-refractivity contribution in [1.82, 2.24) is 10.1 Å². The quantitative estimate of drug-likeness (QED) is 0.128. The molecule has 12 heteroatoms. The summed E-state index contributed by atoms with van der Waals surface area (Å²) in [4.78, 5) is 12.5. The van der Waals surface area contributed by atoms with E-state index in [0.717, 1.165) is 26.2 Å². The molecule has 0 aliphatic carbocycles. The fourth-order valence-corrected chi connectivity index (χ4v) is 8.52. The largest absolute Gasteiger partial charge is 0.294 e. The van der Waals surface area contributed by atoms with Crippen molar-refractivity contribution in [3.63, 3.8) is 0 Å². The Labute approximate surface area is 368 Å². The third-order valence-electron chi connectivity index (χ3n) is 10.3. The van der Waals surface area contributed by atoms with Crippen molar-refractivity contribution >= 4 is 20.2 Å². The van der Waals surface area contributed by atoms with Crippen LogP contribution in [-0.4, -0.2) is 62.2 Å². The number of hydroxylamine groups is 4. The summed E-state index contributed by atoms with van der Waals surface area (Å²) in [6.07, 6.45) is 7.56. The lowest BCUT2D eigenvalue weighted by Gasteiger charge is -2.30. The zero-order valence-electron chi connectivity index (χ0n) is 35.4. The highest BCUT2D eigenvalue weighted by Gasteiger charge is 2.22. The monoisotopic (exact) mass is 878 g/mol. The van der Waals surface area contributed by atoms with Gasteiger partial charge in [-0.1, -0.05) is 171 Å². The van der Waals surface area contributed by atoms with Crippen molar-refractivity contribution in [3.05, 3.63) is 203 Å². The smallest absolute Gasteiger partial charge is 0.286 e. The molecule has 6 aromatic carbocycles. The maximum absolute atomic E-state index is 10.6. The molecular weight excluding hydrogens is 821 g/mol. The molecule has 2 fully saturated rings. The van der Waals surface area contributed by atoms with Crippen LogP contribution in [-0.2, 0) is 29.9 Å². The van der Waals surface area contributed by atoms with Crippen molar-refractivity contribution < 1.29 is 35.6 Å². The standard InChI is InChI=1S/2C18H21NO.2C7H8O3S/c2*1-4-10-16(11-5-1)18(17-12-6-2-7-13-17)20-19-14-8-3-9-15-19;2*1-6-4-2-3-5-7(6)11(8,9)10/h2*1-2,4-7,10-13,18H,3,8-9,14-15H2;2*2-5H,1H3,(H,8,9,10). The molecule has 62 heavy (non-hydrogen) atoms. The highest BCUT2D eigenvalue weighted by Crippen LogP contribution is 2.29. The molecule has 2 N–H and O–H groups in total. The van der Waals surface area contributed by atoms with Gasteiger partial charge in [0.2, 0.25) is 0 Å². The van der Waals surface area contributed by atoms with E-state index in [1.54, 1.807) is 50.2 Å². The first kappa shape index (κ1) is 48.0. The van der Waals surface area contributed by atoms with E-state index in [1.807, 2.05) is 24.3 Å². The predicted molar refractivity (Wildman–Crippen MR) is 244 cm³/mol. The lowest BCUT2D eigenvalue weighted by atomic mass is 10.0. The Kier molecular flexibility index (Phi) is 19.0. The first-order valence-electron chi connectivity index (χ1n) is 21.0. The Balaban J connectivity index is 0.000000163. The van der Waals surface area contributed by atoms with E-state index in [-0.39, 0.29) is 22.0 Å². The number of piperidine rings is 2. The van der Waals surface area contributed by atoms with Crippen LogP contribution >= 0.6 is 0 Å². The van der Waals surface area contributed by atoms with Gasteiger partial charge in [-0.05, 0) is 85.0 Å². The molecule has 2 aliphatic heterocycles. The van der Waals surface area contributed by atoms with Gasteiger partial charge >= 0.3 is 0 Å². The van der Waals surface area contributed by atoms with Gasteiger partial charge in [-0.3, -0.25) is 18.8 Å². The Morgan fingerprint density at radius 2 is 0.629 bits per heavy atom.